The number of nitrogens with one attached hydrogen (secondary N) is 2. The summed E-state index contributed by atoms with van der Waals surface area (Å²) in [7, 11) is 0. The summed E-state index contributed by atoms with van der Waals surface area (Å²) in [5.74, 6) is -1.17. The normalized spacial score (nSPS) is 15.5. The van der Waals surface area contributed by atoms with Crippen LogP contribution in [0.15, 0.2) is 42.5 Å². The van der Waals surface area contributed by atoms with Crippen LogP contribution in [0.1, 0.15) is 44.6 Å². The summed E-state index contributed by atoms with van der Waals surface area (Å²) >= 11 is 0. The highest BCUT2D eigenvalue weighted by atomic mass is 16.5. The lowest BCUT2D eigenvalue weighted by Gasteiger charge is -2.24. The zero-order valence-corrected chi connectivity index (χ0v) is 16.8. The van der Waals surface area contributed by atoms with Crippen molar-refractivity contribution in [1.82, 2.24) is 10.6 Å². The van der Waals surface area contributed by atoms with Crippen molar-refractivity contribution in [2.75, 3.05) is 6.54 Å². The molecule has 6 heteroatoms. The quantitative estimate of drug-likeness (QED) is 0.705. The van der Waals surface area contributed by atoms with E-state index in [2.05, 4.69) is 10.6 Å². The van der Waals surface area contributed by atoms with Gasteiger partial charge in [-0.15, -0.1) is 0 Å². The lowest BCUT2D eigenvalue weighted by molar-refractivity contribution is -0.154. The summed E-state index contributed by atoms with van der Waals surface area (Å²) in [6.07, 6.45) is 4.66. The van der Waals surface area contributed by atoms with Gasteiger partial charge in [0.1, 0.15) is 6.54 Å². The minimum Gasteiger partial charge on any atom is -0.451 e. The minimum absolute atomic E-state index is 0.165. The monoisotopic (exact) mass is 396 g/mol. The molecular formula is C23H28N2O4. The third kappa shape index (κ3) is 6.04. The molecule has 154 valence electrons. The number of hydrogen-bond acceptors (Lipinski definition) is 4. The zero-order valence-electron chi connectivity index (χ0n) is 16.8. The van der Waals surface area contributed by atoms with Crippen molar-refractivity contribution in [3.63, 3.8) is 0 Å². The lowest BCUT2D eigenvalue weighted by Crippen LogP contribution is -2.43. The highest BCUT2D eigenvalue weighted by Crippen LogP contribution is 2.19. The molecule has 0 saturated heterocycles. The molecule has 0 aliphatic heterocycles. The van der Waals surface area contributed by atoms with E-state index in [0.29, 0.717) is 0 Å². The molecule has 0 aromatic heterocycles. The molecule has 0 radical (unpaired) electrons. The maximum atomic E-state index is 12.2. The summed E-state index contributed by atoms with van der Waals surface area (Å²) < 4.78 is 5.16. The van der Waals surface area contributed by atoms with Gasteiger partial charge in [0.25, 0.3) is 5.91 Å². The average molecular weight is 396 g/mol. The molecule has 0 bridgehead atoms. The Labute approximate surface area is 171 Å². The summed E-state index contributed by atoms with van der Waals surface area (Å²) in [6, 6.07) is 13.8. The molecule has 0 spiro atoms. The first-order valence-corrected chi connectivity index (χ1v) is 10.3. The number of ether oxygens (including phenoxy) is 1. The highest BCUT2D eigenvalue weighted by molar-refractivity contribution is 5.91. The van der Waals surface area contributed by atoms with Crippen molar-refractivity contribution in [2.24, 2.45) is 0 Å². The fourth-order valence-corrected chi connectivity index (χ4v) is 3.71. The molecule has 1 aliphatic rings. The molecule has 2 amide bonds. The molecule has 29 heavy (non-hydrogen) atoms. The molecule has 1 fully saturated rings. The van der Waals surface area contributed by atoms with E-state index in [1.807, 2.05) is 42.5 Å². The topological polar surface area (TPSA) is 84.5 Å². The van der Waals surface area contributed by atoms with Gasteiger partial charge in [0, 0.05) is 6.04 Å². The van der Waals surface area contributed by atoms with Gasteiger partial charge in [-0.3, -0.25) is 14.4 Å². The van der Waals surface area contributed by atoms with Crippen LogP contribution in [0.3, 0.4) is 0 Å². The molecule has 2 aromatic carbocycles. The van der Waals surface area contributed by atoms with E-state index >= 15 is 0 Å². The number of rotatable bonds is 7. The number of carbonyl (C=O) groups is 3. The first-order chi connectivity index (χ1) is 14.0. The van der Waals surface area contributed by atoms with Crippen LogP contribution >= 0.6 is 0 Å². The standard InChI is InChI=1S/C23H28N2O4/c1-16(23(28)25-19-11-3-2-4-12-19)29-22(27)15-24-21(26)14-18-10-7-9-17-8-5-6-13-20(17)18/h5-10,13,16,19H,2-4,11-12,14-15H2,1H3,(H,24,26)(H,25,28)/t16-/m0/s1. The molecule has 6 nitrogen and oxygen atoms in total. The van der Waals surface area contributed by atoms with Gasteiger partial charge in [-0.05, 0) is 36.1 Å². The number of amides is 2. The molecule has 2 N–H and O–H groups in total. The Bertz CT molecular complexity index is 869. The number of fused-ring (bicyclic) bond motifs is 1. The maximum absolute atomic E-state index is 12.2. The molecule has 1 atom stereocenters. The second kappa shape index (κ2) is 10.0. The molecule has 2 aromatic rings. The average Bonchev–Trinajstić information content (AvgIpc) is 2.73. The lowest BCUT2D eigenvalue weighted by atomic mass is 9.95. The Hall–Kier alpha value is -2.89. The summed E-state index contributed by atoms with van der Waals surface area (Å²) in [4.78, 5) is 36.4. The van der Waals surface area contributed by atoms with Gasteiger partial charge in [-0.1, -0.05) is 61.7 Å². The van der Waals surface area contributed by atoms with Crippen LogP contribution in [0.2, 0.25) is 0 Å². The van der Waals surface area contributed by atoms with Crippen LogP contribution in [0.4, 0.5) is 0 Å². The fraction of sp³-hybridized carbons (Fsp3) is 0.435. The number of hydrogen-bond donors (Lipinski definition) is 2. The molecule has 3 rings (SSSR count). The molecule has 1 saturated carbocycles. The number of benzene rings is 2. The van der Waals surface area contributed by atoms with Crippen molar-refractivity contribution >= 4 is 28.6 Å². The van der Waals surface area contributed by atoms with E-state index in [9.17, 15) is 14.4 Å². The Morgan fingerprint density at radius 2 is 1.76 bits per heavy atom. The minimum atomic E-state index is -0.876. The van der Waals surface area contributed by atoms with Crippen molar-refractivity contribution in [1.29, 1.82) is 0 Å². The Morgan fingerprint density at radius 3 is 2.55 bits per heavy atom. The third-order valence-corrected chi connectivity index (χ3v) is 5.29. The second-order valence-electron chi connectivity index (χ2n) is 7.57. The Kier molecular flexibility index (Phi) is 7.22. The fourth-order valence-electron chi connectivity index (χ4n) is 3.71. The van der Waals surface area contributed by atoms with Gasteiger partial charge in [-0.25, -0.2) is 0 Å². The number of carbonyl (C=O) groups excluding carboxylic acids is 3. The Balaban J connectivity index is 1.43. The van der Waals surface area contributed by atoms with Crippen molar-refractivity contribution in [2.45, 2.75) is 57.6 Å². The van der Waals surface area contributed by atoms with E-state index in [1.54, 1.807) is 6.92 Å². The largest absolute Gasteiger partial charge is 0.451 e. The zero-order chi connectivity index (χ0) is 20.6. The first kappa shape index (κ1) is 20.8. The van der Waals surface area contributed by atoms with Crippen LogP contribution in [-0.2, 0) is 25.5 Å². The van der Waals surface area contributed by atoms with Gasteiger partial charge >= 0.3 is 5.97 Å². The van der Waals surface area contributed by atoms with Crippen LogP contribution < -0.4 is 10.6 Å². The van der Waals surface area contributed by atoms with Crippen LogP contribution in [0, 0.1) is 0 Å². The SMILES string of the molecule is C[C@H](OC(=O)CNC(=O)Cc1cccc2ccccc12)C(=O)NC1CCCCC1. The van der Waals surface area contributed by atoms with E-state index in [0.717, 1.165) is 42.0 Å². The number of esters is 1. The van der Waals surface area contributed by atoms with Crippen LogP contribution in [0.25, 0.3) is 10.8 Å². The van der Waals surface area contributed by atoms with Gasteiger partial charge in [0.2, 0.25) is 5.91 Å². The molecule has 0 heterocycles. The third-order valence-electron chi connectivity index (χ3n) is 5.29. The highest BCUT2D eigenvalue weighted by Gasteiger charge is 2.22. The van der Waals surface area contributed by atoms with Crippen LogP contribution in [-0.4, -0.2) is 36.5 Å². The second-order valence-corrected chi connectivity index (χ2v) is 7.57. The summed E-state index contributed by atoms with van der Waals surface area (Å²) in [5.41, 5.74) is 0.897. The van der Waals surface area contributed by atoms with Crippen molar-refractivity contribution in [3.05, 3.63) is 48.0 Å². The smallest absolute Gasteiger partial charge is 0.326 e. The summed E-state index contributed by atoms with van der Waals surface area (Å²) in [5, 5.41) is 7.59. The van der Waals surface area contributed by atoms with Gasteiger partial charge in [0.05, 0.1) is 6.42 Å². The molecule has 1 aliphatic carbocycles. The van der Waals surface area contributed by atoms with E-state index in [4.69, 9.17) is 4.74 Å². The van der Waals surface area contributed by atoms with Crippen molar-refractivity contribution in [3.8, 4) is 0 Å². The maximum Gasteiger partial charge on any atom is 0.326 e. The first-order valence-electron chi connectivity index (χ1n) is 10.3. The van der Waals surface area contributed by atoms with E-state index < -0.39 is 12.1 Å². The van der Waals surface area contributed by atoms with Gasteiger partial charge in [-0.2, -0.15) is 0 Å². The van der Waals surface area contributed by atoms with Gasteiger partial charge in [0.15, 0.2) is 6.10 Å². The predicted octanol–water partition coefficient (Wildman–Crippen LogP) is 2.88. The van der Waals surface area contributed by atoms with E-state index in [-0.39, 0.29) is 30.8 Å². The summed E-state index contributed by atoms with van der Waals surface area (Å²) in [6.45, 7) is 1.29. The van der Waals surface area contributed by atoms with Gasteiger partial charge < -0.3 is 15.4 Å². The van der Waals surface area contributed by atoms with Crippen molar-refractivity contribution < 1.29 is 19.1 Å². The molecular weight excluding hydrogens is 368 g/mol. The Morgan fingerprint density at radius 1 is 1.03 bits per heavy atom. The van der Waals surface area contributed by atoms with Crippen LogP contribution in [0.5, 0.6) is 0 Å². The van der Waals surface area contributed by atoms with E-state index in [1.165, 1.54) is 6.42 Å². The predicted molar refractivity (Wildman–Crippen MR) is 111 cm³/mol. The molecule has 0 unspecified atom stereocenters.